The van der Waals surface area contributed by atoms with Crippen molar-refractivity contribution >= 4 is 17.4 Å². The van der Waals surface area contributed by atoms with Gasteiger partial charge in [-0.2, -0.15) is 0 Å². The van der Waals surface area contributed by atoms with Gasteiger partial charge in [0, 0.05) is 18.1 Å². The van der Waals surface area contributed by atoms with Crippen LogP contribution in [0.4, 0.5) is 5.82 Å². The third-order valence-corrected chi connectivity index (χ3v) is 2.08. The van der Waals surface area contributed by atoms with Gasteiger partial charge in [0.25, 0.3) is 0 Å². The van der Waals surface area contributed by atoms with Gasteiger partial charge >= 0.3 is 0 Å². The van der Waals surface area contributed by atoms with Crippen LogP contribution in [-0.4, -0.2) is 21.9 Å². The summed E-state index contributed by atoms with van der Waals surface area (Å²) in [5.74, 6) is 1.68. The molecule has 0 spiro atoms. The highest BCUT2D eigenvalue weighted by Gasteiger charge is 1.97. The lowest BCUT2D eigenvalue weighted by atomic mass is 10.2. The van der Waals surface area contributed by atoms with Crippen molar-refractivity contribution in [2.45, 2.75) is 32.1 Å². The summed E-state index contributed by atoms with van der Waals surface area (Å²) >= 11 is 5.83. The van der Waals surface area contributed by atoms with Gasteiger partial charge in [0.05, 0.1) is 0 Å². The number of nitrogens with zero attached hydrogens (tertiary/aromatic N) is 2. The quantitative estimate of drug-likeness (QED) is 0.604. The van der Waals surface area contributed by atoms with E-state index in [0.29, 0.717) is 0 Å². The van der Waals surface area contributed by atoms with Crippen LogP contribution in [0.5, 0.6) is 0 Å². The Kier molecular flexibility index (Phi) is 4.66. The molecule has 78 valence electrons. The zero-order valence-electron chi connectivity index (χ0n) is 8.63. The SMILES string of the molecule is Cc1nccc(NCCCC(C)Cl)n1. The summed E-state index contributed by atoms with van der Waals surface area (Å²) in [6.45, 7) is 4.80. The van der Waals surface area contributed by atoms with Crippen LogP contribution in [0.25, 0.3) is 0 Å². The van der Waals surface area contributed by atoms with Gasteiger partial charge in [0.2, 0.25) is 0 Å². The summed E-state index contributed by atoms with van der Waals surface area (Å²) < 4.78 is 0. The van der Waals surface area contributed by atoms with Gasteiger partial charge in [-0.05, 0) is 32.8 Å². The molecule has 1 N–H and O–H groups in total. The predicted molar refractivity (Wildman–Crippen MR) is 59.8 cm³/mol. The fraction of sp³-hybridized carbons (Fsp3) is 0.600. The fourth-order valence-corrected chi connectivity index (χ4v) is 1.31. The normalized spacial score (nSPS) is 12.5. The lowest BCUT2D eigenvalue weighted by molar-refractivity contribution is 0.748. The van der Waals surface area contributed by atoms with Crippen molar-refractivity contribution in [3.05, 3.63) is 18.1 Å². The Morgan fingerprint density at radius 3 is 3.00 bits per heavy atom. The number of rotatable bonds is 5. The van der Waals surface area contributed by atoms with E-state index in [-0.39, 0.29) is 5.38 Å². The predicted octanol–water partition coefficient (Wildman–Crippen LogP) is 2.60. The topological polar surface area (TPSA) is 37.8 Å². The Balaban J connectivity index is 2.25. The van der Waals surface area contributed by atoms with Crippen molar-refractivity contribution in [3.63, 3.8) is 0 Å². The number of hydrogen-bond acceptors (Lipinski definition) is 3. The molecular formula is C10H16ClN3. The molecule has 1 aromatic rings. The second-order valence-corrected chi connectivity index (χ2v) is 4.08. The summed E-state index contributed by atoms with van der Waals surface area (Å²) in [5.41, 5.74) is 0. The lowest BCUT2D eigenvalue weighted by Gasteiger charge is -2.06. The molecule has 4 heteroatoms. The molecule has 1 rings (SSSR count). The van der Waals surface area contributed by atoms with Crippen molar-refractivity contribution in [1.82, 2.24) is 9.97 Å². The minimum atomic E-state index is 0.254. The van der Waals surface area contributed by atoms with Crippen LogP contribution in [0.15, 0.2) is 12.3 Å². The first-order chi connectivity index (χ1) is 6.68. The van der Waals surface area contributed by atoms with E-state index in [1.165, 1.54) is 0 Å². The second kappa shape index (κ2) is 5.81. The molecule has 1 atom stereocenters. The summed E-state index contributed by atoms with van der Waals surface area (Å²) in [6, 6.07) is 1.87. The van der Waals surface area contributed by atoms with Crippen LogP contribution < -0.4 is 5.32 Å². The molecule has 0 amide bonds. The average Bonchev–Trinajstić information content (AvgIpc) is 2.12. The van der Waals surface area contributed by atoms with E-state index in [9.17, 15) is 0 Å². The molecule has 1 aromatic heterocycles. The Morgan fingerprint density at radius 2 is 2.36 bits per heavy atom. The number of nitrogens with one attached hydrogen (secondary N) is 1. The maximum Gasteiger partial charge on any atom is 0.129 e. The van der Waals surface area contributed by atoms with Crippen molar-refractivity contribution in [2.24, 2.45) is 0 Å². The lowest BCUT2D eigenvalue weighted by Crippen LogP contribution is -2.06. The van der Waals surface area contributed by atoms with E-state index in [2.05, 4.69) is 15.3 Å². The van der Waals surface area contributed by atoms with Crippen molar-refractivity contribution in [1.29, 1.82) is 0 Å². The van der Waals surface area contributed by atoms with Crippen LogP contribution in [0.1, 0.15) is 25.6 Å². The van der Waals surface area contributed by atoms with Crippen molar-refractivity contribution in [2.75, 3.05) is 11.9 Å². The van der Waals surface area contributed by atoms with Gasteiger partial charge in [-0.3, -0.25) is 0 Å². The third-order valence-electron chi connectivity index (χ3n) is 1.86. The Morgan fingerprint density at radius 1 is 1.57 bits per heavy atom. The van der Waals surface area contributed by atoms with Crippen LogP contribution in [0.3, 0.4) is 0 Å². The molecule has 0 bridgehead atoms. The number of anilines is 1. The molecule has 3 nitrogen and oxygen atoms in total. The number of aryl methyl sites for hydroxylation is 1. The van der Waals surface area contributed by atoms with Gasteiger partial charge in [-0.15, -0.1) is 11.6 Å². The number of hydrogen-bond donors (Lipinski definition) is 1. The van der Waals surface area contributed by atoms with Crippen LogP contribution in [-0.2, 0) is 0 Å². The van der Waals surface area contributed by atoms with E-state index in [1.54, 1.807) is 6.20 Å². The second-order valence-electron chi connectivity index (χ2n) is 3.34. The Hall–Kier alpha value is -0.830. The smallest absolute Gasteiger partial charge is 0.129 e. The zero-order valence-corrected chi connectivity index (χ0v) is 9.38. The molecule has 1 unspecified atom stereocenters. The highest BCUT2D eigenvalue weighted by molar-refractivity contribution is 6.20. The first-order valence-electron chi connectivity index (χ1n) is 4.86. The summed E-state index contributed by atoms with van der Waals surface area (Å²) in [4.78, 5) is 8.26. The summed E-state index contributed by atoms with van der Waals surface area (Å²) in [5, 5.41) is 3.48. The highest BCUT2D eigenvalue weighted by Crippen LogP contribution is 2.05. The van der Waals surface area contributed by atoms with Crippen LogP contribution >= 0.6 is 11.6 Å². The third kappa shape index (κ3) is 4.42. The molecule has 1 heterocycles. The van der Waals surface area contributed by atoms with E-state index in [4.69, 9.17) is 11.6 Å². The molecule has 0 aliphatic heterocycles. The van der Waals surface area contributed by atoms with Crippen LogP contribution in [0.2, 0.25) is 0 Å². The minimum Gasteiger partial charge on any atom is -0.370 e. The molecule has 0 saturated carbocycles. The van der Waals surface area contributed by atoms with Crippen molar-refractivity contribution < 1.29 is 0 Å². The van der Waals surface area contributed by atoms with E-state index in [1.807, 2.05) is 19.9 Å². The first-order valence-corrected chi connectivity index (χ1v) is 5.29. The molecule has 0 aliphatic rings. The molecule has 0 fully saturated rings. The molecule has 0 aliphatic carbocycles. The average molecular weight is 214 g/mol. The molecule has 14 heavy (non-hydrogen) atoms. The monoisotopic (exact) mass is 213 g/mol. The van der Waals surface area contributed by atoms with Gasteiger partial charge in [-0.1, -0.05) is 0 Å². The van der Waals surface area contributed by atoms with Gasteiger partial charge in [0.15, 0.2) is 0 Å². The number of alkyl halides is 1. The highest BCUT2D eigenvalue weighted by atomic mass is 35.5. The number of halogens is 1. The molecular weight excluding hydrogens is 198 g/mol. The van der Waals surface area contributed by atoms with Gasteiger partial charge < -0.3 is 5.32 Å². The first kappa shape index (κ1) is 11.2. The number of aromatic nitrogens is 2. The minimum absolute atomic E-state index is 0.254. The molecule has 0 saturated heterocycles. The summed E-state index contributed by atoms with van der Waals surface area (Å²) in [6.07, 6.45) is 3.85. The van der Waals surface area contributed by atoms with Crippen LogP contribution in [0, 0.1) is 6.92 Å². The Labute approximate surface area is 89.9 Å². The zero-order chi connectivity index (χ0) is 10.4. The maximum atomic E-state index is 5.83. The Bertz CT molecular complexity index is 276. The van der Waals surface area contributed by atoms with E-state index >= 15 is 0 Å². The standard InChI is InChI=1S/C10H16ClN3/c1-8(11)4-3-6-13-10-5-7-12-9(2)14-10/h5,7-8H,3-4,6H2,1-2H3,(H,12,13,14). The maximum absolute atomic E-state index is 5.83. The van der Waals surface area contributed by atoms with Gasteiger partial charge in [-0.25, -0.2) is 9.97 Å². The largest absolute Gasteiger partial charge is 0.370 e. The van der Waals surface area contributed by atoms with E-state index in [0.717, 1.165) is 31.0 Å². The van der Waals surface area contributed by atoms with E-state index < -0.39 is 0 Å². The van der Waals surface area contributed by atoms with Gasteiger partial charge in [0.1, 0.15) is 11.6 Å². The summed E-state index contributed by atoms with van der Waals surface area (Å²) in [7, 11) is 0. The van der Waals surface area contributed by atoms with Crippen molar-refractivity contribution in [3.8, 4) is 0 Å². The molecule has 0 radical (unpaired) electrons. The fourth-order valence-electron chi connectivity index (χ4n) is 1.15. The molecule has 0 aromatic carbocycles.